The molecule has 11 nitrogen and oxygen atoms in total. The van der Waals surface area contributed by atoms with E-state index in [2.05, 4.69) is 0 Å². The third-order valence-electron chi connectivity index (χ3n) is 8.23. The second-order valence-electron chi connectivity index (χ2n) is 11.7. The molecule has 258 valence electrons. The molecule has 0 radical (unpaired) electrons. The molecule has 4 aromatic rings. The lowest BCUT2D eigenvalue weighted by Crippen LogP contribution is -2.17. The number of phenols is 2. The number of carbonyl (C=O) groups excluding carboxylic acids is 5. The standard InChI is InChI=1S/C39H36O11/c1-3-47-34(43)21-49-38-26-6-5-7-27(38)15-29-9-24(19-41)11-31(37(29)46)17-33-13-25(20-42)12-32(39(33)50-22-35(44)48-4-2)16-30-10-23(18-40)8-28(14-26)36(30)45/h5-13,18-20,45-46H,3-4,14-17,21-22H2,1-2H3. The number of rotatable bonds is 11. The minimum absolute atomic E-state index is 0.0226. The first kappa shape index (κ1) is 35.3. The second kappa shape index (κ2) is 16.0. The molecule has 0 amide bonds. The van der Waals surface area contributed by atoms with Crippen LogP contribution in [0.2, 0.25) is 0 Å². The Hall–Kier alpha value is -5.97. The molecule has 0 aromatic heterocycles. The highest BCUT2D eigenvalue weighted by molar-refractivity contribution is 5.80. The normalized spacial score (nSPS) is 12.0. The van der Waals surface area contributed by atoms with E-state index in [1.165, 1.54) is 12.1 Å². The van der Waals surface area contributed by atoms with E-state index in [9.17, 15) is 34.2 Å². The first-order valence-electron chi connectivity index (χ1n) is 16.1. The minimum atomic E-state index is -0.630. The van der Waals surface area contributed by atoms with E-state index in [1.807, 2.05) is 0 Å². The monoisotopic (exact) mass is 680 g/mol. The fourth-order valence-electron chi connectivity index (χ4n) is 6.14. The summed E-state index contributed by atoms with van der Waals surface area (Å²) in [7, 11) is 0. The predicted octanol–water partition coefficient (Wildman–Crippen LogP) is 5.10. The van der Waals surface area contributed by atoms with Crippen molar-refractivity contribution in [3.8, 4) is 23.0 Å². The van der Waals surface area contributed by atoms with E-state index in [0.717, 1.165) is 0 Å². The van der Waals surface area contributed by atoms with Crippen LogP contribution < -0.4 is 9.47 Å². The SMILES string of the molecule is CCOC(=O)COc1c2cccc1Cc1cc(C=O)cc(c1O)Cc1cc(C=O)cc(c1OCC(=O)OCC)Cc1cc(C=O)cc(c1O)C2. The Morgan fingerprint density at radius 1 is 0.560 bits per heavy atom. The maximum Gasteiger partial charge on any atom is 0.344 e. The first-order valence-corrected chi connectivity index (χ1v) is 16.1. The van der Waals surface area contributed by atoms with Crippen LogP contribution in [-0.4, -0.2) is 67.4 Å². The van der Waals surface area contributed by atoms with Gasteiger partial charge in [-0.25, -0.2) is 9.59 Å². The number of ether oxygens (including phenoxy) is 4. The van der Waals surface area contributed by atoms with E-state index in [1.54, 1.807) is 56.3 Å². The molecule has 1 aliphatic carbocycles. The van der Waals surface area contributed by atoms with Gasteiger partial charge in [0, 0.05) is 42.4 Å². The molecule has 2 N–H and O–H groups in total. The molecule has 5 rings (SSSR count). The highest BCUT2D eigenvalue weighted by Gasteiger charge is 2.23. The van der Waals surface area contributed by atoms with Crippen molar-refractivity contribution >= 4 is 30.8 Å². The summed E-state index contributed by atoms with van der Waals surface area (Å²) in [6.45, 7) is 2.76. The number of para-hydroxylation sites is 1. The van der Waals surface area contributed by atoms with Crippen LogP contribution in [0.5, 0.6) is 23.0 Å². The zero-order chi connectivity index (χ0) is 35.8. The number of fused-ring (bicyclic) bond motifs is 8. The third kappa shape index (κ3) is 8.00. The zero-order valence-corrected chi connectivity index (χ0v) is 27.7. The molecule has 0 aliphatic heterocycles. The van der Waals surface area contributed by atoms with Gasteiger partial charge in [0.2, 0.25) is 0 Å². The van der Waals surface area contributed by atoms with Crippen molar-refractivity contribution in [1.82, 2.24) is 0 Å². The maximum atomic E-state index is 12.4. The molecule has 50 heavy (non-hydrogen) atoms. The van der Waals surface area contributed by atoms with Crippen molar-refractivity contribution in [1.29, 1.82) is 0 Å². The predicted molar refractivity (Wildman–Crippen MR) is 181 cm³/mol. The summed E-state index contributed by atoms with van der Waals surface area (Å²) >= 11 is 0. The van der Waals surface area contributed by atoms with Gasteiger partial charge in [0.25, 0.3) is 0 Å². The Labute approximate surface area is 288 Å². The number of hydrogen-bond acceptors (Lipinski definition) is 11. The van der Waals surface area contributed by atoms with Crippen LogP contribution in [0.25, 0.3) is 0 Å². The van der Waals surface area contributed by atoms with Crippen molar-refractivity contribution in [2.45, 2.75) is 39.5 Å². The summed E-state index contributed by atoms with van der Waals surface area (Å²) < 4.78 is 22.2. The van der Waals surface area contributed by atoms with E-state index in [-0.39, 0.29) is 72.8 Å². The van der Waals surface area contributed by atoms with E-state index in [4.69, 9.17) is 18.9 Å². The van der Waals surface area contributed by atoms with Crippen molar-refractivity contribution in [2.75, 3.05) is 26.4 Å². The van der Waals surface area contributed by atoms with Crippen LogP contribution in [0.1, 0.15) is 89.4 Å². The van der Waals surface area contributed by atoms with Gasteiger partial charge in [-0.15, -0.1) is 0 Å². The average molecular weight is 681 g/mol. The van der Waals surface area contributed by atoms with Gasteiger partial charge >= 0.3 is 11.9 Å². The lowest BCUT2D eigenvalue weighted by molar-refractivity contribution is -0.146. The Morgan fingerprint density at radius 3 is 1.22 bits per heavy atom. The molecule has 0 atom stereocenters. The lowest BCUT2D eigenvalue weighted by Gasteiger charge is -2.21. The van der Waals surface area contributed by atoms with Crippen molar-refractivity contribution in [3.05, 3.63) is 116 Å². The summed E-state index contributed by atoms with van der Waals surface area (Å²) in [5, 5.41) is 23.3. The quantitative estimate of drug-likeness (QED) is 0.141. The molecular formula is C39H36O11. The number of benzene rings is 4. The van der Waals surface area contributed by atoms with Crippen molar-refractivity contribution in [3.63, 3.8) is 0 Å². The molecule has 0 heterocycles. The molecule has 0 unspecified atom stereocenters. The molecular weight excluding hydrogens is 644 g/mol. The zero-order valence-electron chi connectivity index (χ0n) is 27.7. The lowest BCUT2D eigenvalue weighted by atomic mass is 9.89. The molecule has 0 fully saturated rings. The summed E-state index contributed by atoms with van der Waals surface area (Å²) in [5.41, 5.74) is 4.21. The van der Waals surface area contributed by atoms with Gasteiger partial charge in [0.1, 0.15) is 41.9 Å². The second-order valence-corrected chi connectivity index (χ2v) is 11.7. The molecule has 1 aliphatic rings. The van der Waals surface area contributed by atoms with E-state index >= 15 is 0 Å². The summed E-state index contributed by atoms with van der Waals surface area (Å²) in [6, 6.07) is 14.6. The Kier molecular flexibility index (Phi) is 11.3. The van der Waals surface area contributed by atoms with Crippen LogP contribution >= 0.6 is 0 Å². The van der Waals surface area contributed by atoms with Crippen LogP contribution in [0.3, 0.4) is 0 Å². The van der Waals surface area contributed by atoms with Crippen LogP contribution in [0.4, 0.5) is 0 Å². The van der Waals surface area contributed by atoms with Crippen molar-refractivity contribution in [2.24, 2.45) is 0 Å². The molecule has 8 bridgehead atoms. The largest absolute Gasteiger partial charge is 0.507 e. The van der Waals surface area contributed by atoms with Gasteiger partial charge in [-0.3, -0.25) is 14.4 Å². The maximum absolute atomic E-state index is 12.4. The van der Waals surface area contributed by atoms with Crippen molar-refractivity contribution < 1.29 is 53.1 Å². The Morgan fingerprint density at radius 2 is 0.880 bits per heavy atom. The fraction of sp³-hybridized carbons (Fsp3) is 0.256. The number of aromatic hydroxyl groups is 2. The number of hydrogen-bond donors (Lipinski definition) is 2. The van der Waals surface area contributed by atoms with Crippen LogP contribution in [0, 0.1) is 0 Å². The van der Waals surface area contributed by atoms with Gasteiger partial charge in [-0.05, 0) is 94.8 Å². The Bertz CT molecular complexity index is 1850. The number of esters is 2. The third-order valence-corrected chi connectivity index (χ3v) is 8.23. The van der Waals surface area contributed by atoms with Gasteiger partial charge < -0.3 is 29.2 Å². The highest BCUT2D eigenvalue weighted by atomic mass is 16.6. The van der Waals surface area contributed by atoms with Gasteiger partial charge in [-0.1, -0.05) is 18.2 Å². The Balaban J connectivity index is 1.77. The summed E-state index contributed by atoms with van der Waals surface area (Å²) in [5.74, 6) is -0.916. The fourth-order valence-corrected chi connectivity index (χ4v) is 6.14. The molecule has 0 spiro atoms. The molecule has 4 aromatic carbocycles. The van der Waals surface area contributed by atoms with E-state index in [0.29, 0.717) is 69.1 Å². The van der Waals surface area contributed by atoms with Crippen LogP contribution in [0.15, 0.2) is 54.6 Å². The summed E-state index contributed by atoms with van der Waals surface area (Å²) in [6.07, 6.45) is 2.06. The number of aldehydes is 3. The van der Waals surface area contributed by atoms with Gasteiger partial charge in [-0.2, -0.15) is 0 Å². The van der Waals surface area contributed by atoms with Gasteiger partial charge in [0.05, 0.1) is 13.2 Å². The average Bonchev–Trinajstić information content (AvgIpc) is 3.10. The van der Waals surface area contributed by atoms with E-state index < -0.39 is 25.2 Å². The molecule has 0 saturated heterocycles. The van der Waals surface area contributed by atoms with Gasteiger partial charge in [0.15, 0.2) is 13.2 Å². The number of phenolic OH excluding ortho intramolecular Hbond substituents is 2. The topological polar surface area (TPSA) is 163 Å². The number of carbonyl (C=O) groups is 5. The van der Waals surface area contributed by atoms with Crippen LogP contribution in [-0.2, 0) is 44.7 Å². The first-order chi connectivity index (χ1) is 24.2. The summed E-state index contributed by atoms with van der Waals surface area (Å²) in [4.78, 5) is 61.2. The minimum Gasteiger partial charge on any atom is -0.507 e. The molecule has 11 heteroatoms. The molecule has 0 saturated carbocycles. The highest BCUT2D eigenvalue weighted by Crippen LogP contribution is 2.39. The smallest absolute Gasteiger partial charge is 0.344 e.